The summed E-state index contributed by atoms with van der Waals surface area (Å²) < 4.78 is 7.04. The minimum Gasteiger partial charge on any atom is -0.444 e. The number of nitrogens with one attached hydrogen (secondary N) is 1. The normalized spacial score (nSPS) is 11.3. The number of hydrogen-bond acceptors (Lipinski definition) is 4. The van der Waals surface area contributed by atoms with E-state index in [0.29, 0.717) is 29.5 Å². The van der Waals surface area contributed by atoms with Crippen LogP contribution in [0, 0.1) is 13.8 Å². The second kappa shape index (κ2) is 9.31. The number of amides is 2. The highest BCUT2D eigenvalue weighted by molar-refractivity contribution is 6.31. The average Bonchev–Trinajstić information content (AvgIpc) is 2.86. The summed E-state index contributed by atoms with van der Waals surface area (Å²) in [6, 6.07) is 7.39. The maximum absolute atomic E-state index is 12.6. The Labute approximate surface area is 177 Å². The topological polar surface area (TPSA) is 76.5 Å². The molecule has 0 bridgehead atoms. The fraction of sp³-hybridized carbons (Fsp3) is 0.476. The zero-order valence-electron chi connectivity index (χ0n) is 17.9. The number of aryl methyl sites for hydroxylation is 1. The van der Waals surface area contributed by atoms with Gasteiger partial charge in [0.25, 0.3) is 0 Å². The highest BCUT2D eigenvalue weighted by atomic mass is 35.5. The molecule has 2 rings (SSSR count). The summed E-state index contributed by atoms with van der Waals surface area (Å²) in [5.74, 6) is -0.222. The third-order valence-corrected chi connectivity index (χ3v) is 4.82. The van der Waals surface area contributed by atoms with Gasteiger partial charge in [-0.2, -0.15) is 5.10 Å². The third kappa shape index (κ3) is 6.22. The maximum atomic E-state index is 12.6. The van der Waals surface area contributed by atoms with E-state index in [9.17, 15) is 9.59 Å². The van der Waals surface area contributed by atoms with E-state index in [-0.39, 0.29) is 12.5 Å². The van der Waals surface area contributed by atoms with Crippen molar-refractivity contribution in [3.63, 3.8) is 0 Å². The van der Waals surface area contributed by atoms with E-state index in [1.54, 1.807) is 16.5 Å². The molecule has 1 heterocycles. The van der Waals surface area contributed by atoms with Gasteiger partial charge >= 0.3 is 6.09 Å². The van der Waals surface area contributed by atoms with Gasteiger partial charge in [0.2, 0.25) is 5.91 Å². The SMILES string of the molecule is CCN(Cc1ccccc1NC(=O)Cn1nc(C)c(Cl)c1C)C(=O)OC(C)(C)C. The Morgan fingerprint density at radius 2 is 1.90 bits per heavy atom. The van der Waals surface area contributed by atoms with E-state index in [1.165, 1.54) is 0 Å². The van der Waals surface area contributed by atoms with Crippen LogP contribution in [0.5, 0.6) is 0 Å². The molecule has 0 atom stereocenters. The summed E-state index contributed by atoms with van der Waals surface area (Å²) in [6.07, 6.45) is -0.390. The average molecular weight is 421 g/mol. The summed E-state index contributed by atoms with van der Waals surface area (Å²) in [5, 5.41) is 7.76. The molecule has 0 aliphatic carbocycles. The van der Waals surface area contributed by atoms with Gasteiger partial charge in [-0.25, -0.2) is 4.79 Å². The minimum atomic E-state index is -0.570. The molecule has 1 N–H and O–H groups in total. The predicted molar refractivity (Wildman–Crippen MR) is 114 cm³/mol. The molecule has 0 aliphatic heterocycles. The van der Waals surface area contributed by atoms with Crippen LogP contribution in [0.15, 0.2) is 24.3 Å². The molecule has 0 spiro atoms. The summed E-state index contributed by atoms with van der Waals surface area (Å²) in [4.78, 5) is 26.6. The summed E-state index contributed by atoms with van der Waals surface area (Å²) in [5.41, 5.74) is 2.33. The molecule has 1 aromatic carbocycles. The van der Waals surface area contributed by atoms with E-state index >= 15 is 0 Å². The molecule has 7 nitrogen and oxygen atoms in total. The van der Waals surface area contributed by atoms with E-state index in [1.807, 2.05) is 58.9 Å². The van der Waals surface area contributed by atoms with Crippen molar-refractivity contribution >= 4 is 29.3 Å². The standard InChI is InChI=1S/C21H29ClN4O3/c1-7-25(20(28)29-21(4,5)6)12-16-10-8-9-11-17(16)23-18(27)13-26-15(3)19(22)14(2)24-26/h8-11H,7,12-13H2,1-6H3,(H,23,27). The van der Waals surface area contributed by atoms with Crippen LogP contribution in [-0.4, -0.2) is 38.8 Å². The van der Waals surface area contributed by atoms with Crippen LogP contribution in [0.4, 0.5) is 10.5 Å². The van der Waals surface area contributed by atoms with Gasteiger partial charge < -0.3 is 15.0 Å². The maximum Gasteiger partial charge on any atom is 0.410 e. The summed E-state index contributed by atoms with van der Waals surface area (Å²) >= 11 is 6.15. The first-order chi connectivity index (χ1) is 13.5. The number of halogens is 1. The molecule has 158 valence electrons. The Kier molecular flexibility index (Phi) is 7.30. The van der Waals surface area contributed by atoms with E-state index in [2.05, 4.69) is 10.4 Å². The van der Waals surface area contributed by atoms with Gasteiger partial charge in [-0.1, -0.05) is 29.8 Å². The molecular weight excluding hydrogens is 392 g/mol. The molecular formula is C21H29ClN4O3. The van der Waals surface area contributed by atoms with Crippen LogP contribution in [0.1, 0.15) is 44.6 Å². The monoisotopic (exact) mass is 420 g/mol. The summed E-state index contributed by atoms with van der Waals surface area (Å²) in [6.45, 7) is 11.9. The molecule has 0 aliphatic rings. The Hall–Kier alpha value is -2.54. The largest absolute Gasteiger partial charge is 0.444 e. The van der Waals surface area contributed by atoms with Gasteiger partial charge in [-0.15, -0.1) is 0 Å². The minimum absolute atomic E-state index is 0.0529. The van der Waals surface area contributed by atoms with Crippen LogP contribution in [0.2, 0.25) is 5.02 Å². The number of nitrogens with zero attached hydrogens (tertiary/aromatic N) is 3. The van der Waals surface area contributed by atoms with Crippen LogP contribution in [0.25, 0.3) is 0 Å². The van der Waals surface area contributed by atoms with Crippen molar-refractivity contribution in [3.8, 4) is 0 Å². The van der Waals surface area contributed by atoms with E-state index < -0.39 is 11.7 Å². The zero-order valence-corrected chi connectivity index (χ0v) is 18.6. The second-order valence-electron chi connectivity index (χ2n) is 7.84. The molecule has 1 aromatic heterocycles. The first kappa shape index (κ1) is 22.7. The van der Waals surface area contributed by atoms with E-state index in [4.69, 9.17) is 16.3 Å². The van der Waals surface area contributed by atoms with Gasteiger partial charge in [0, 0.05) is 12.2 Å². The van der Waals surface area contributed by atoms with Crippen molar-refractivity contribution in [1.29, 1.82) is 0 Å². The van der Waals surface area contributed by atoms with Crippen LogP contribution < -0.4 is 5.32 Å². The van der Waals surface area contributed by atoms with Gasteiger partial charge in [0.05, 0.1) is 23.0 Å². The lowest BCUT2D eigenvalue weighted by atomic mass is 10.1. The van der Waals surface area contributed by atoms with Gasteiger partial charge in [-0.05, 0) is 53.2 Å². The number of rotatable bonds is 6. The molecule has 0 unspecified atom stereocenters. The third-order valence-electron chi connectivity index (χ3n) is 4.27. The Morgan fingerprint density at radius 3 is 2.45 bits per heavy atom. The molecule has 0 saturated heterocycles. The second-order valence-corrected chi connectivity index (χ2v) is 8.22. The smallest absolute Gasteiger partial charge is 0.410 e. The van der Waals surface area contributed by atoms with Crippen molar-refractivity contribution in [3.05, 3.63) is 46.2 Å². The molecule has 2 aromatic rings. The van der Waals surface area contributed by atoms with Crippen molar-refractivity contribution in [1.82, 2.24) is 14.7 Å². The van der Waals surface area contributed by atoms with Crippen molar-refractivity contribution < 1.29 is 14.3 Å². The highest BCUT2D eigenvalue weighted by Gasteiger charge is 2.22. The lowest BCUT2D eigenvalue weighted by molar-refractivity contribution is -0.116. The lowest BCUT2D eigenvalue weighted by Gasteiger charge is -2.27. The quantitative estimate of drug-likeness (QED) is 0.743. The molecule has 29 heavy (non-hydrogen) atoms. The number of anilines is 1. The number of benzene rings is 1. The summed E-state index contributed by atoms with van der Waals surface area (Å²) in [7, 11) is 0. The van der Waals surface area contributed by atoms with Crippen LogP contribution in [0.3, 0.4) is 0 Å². The zero-order chi connectivity index (χ0) is 21.8. The Bertz CT molecular complexity index is 887. The number of carbonyl (C=O) groups excluding carboxylic acids is 2. The van der Waals surface area contributed by atoms with Crippen LogP contribution in [-0.2, 0) is 22.6 Å². The van der Waals surface area contributed by atoms with Crippen molar-refractivity contribution in [2.75, 3.05) is 11.9 Å². The molecule has 0 saturated carbocycles. The number of para-hydroxylation sites is 1. The molecule has 8 heteroatoms. The molecule has 2 amide bonds. The van der Waals surface area contributed by atoms with E-state index in [0.717, 1.165) is 11.3 Å². The number of ether oxygens (including phenoxy) is 1. The van der Waals surface area contributed by atoms with Gasteiger partial charge in [0.1, 0.15) is 12.1 Å². The van der Waals surface area contributed by atoms with Crippen molar-refractivity contribution in [2.45, 2.75) is 60.2 Å². The fourth-order valence-electron chi connectivity index (χ4n) is 2.77. The highest BCUT2D eigenvalue weighted by Crippen LogP contribution is 2.21. The lowest BCUT2D eigenvalue weighted by Crippen LogP contribution is -2.36. The first-order valence-electron chi connectivity index (χ1n) is 9.57. The van der Waals surface area contributed by atoms with Gasteiger partial charge in [0.15, 0.2) is 0 Å². The fourth-order valence-corrected chi connectivity index (χ4v) is 2.91. The number of carbonyl (C=O) groups is 2. The first-order valence-corrected chi connectivity index (χ1v) is 9.94. The van der Waals surface area contributed by atoms with Crippen LogP contribution >= 0.6 is 11.6 Å². The predicted octanol–water partition coefficient (Wildman–Crippen LogP) is 4.55. The molecule has 0 radical (unpaired) electrons. The number of aromatic nitrogens is 2. The van der Waals surface area contributed by atoms with Crippen molar-refractivity contribution in [2.24, 2.45) is 0 Å². The Morgan fingerprint density at radius 1 is 1.24 bits per heavy atom. The molecule has 0 fully saturated rings. The van der Waals surface area contributed by atoms with Gasteiger partial charge in [-0.3, -0.25) is 9.48 Å². The number of hydrogen-bond donors (Lipinski definition) is 1. The Balaban J connectivity index is 2.12.